The molecule has 2 rings (SSSR count). The van der Waals surface area contributed by atoms with Gasteiger partial charge in [-0.3, -0.25) is 0 Å². The van der Waals surface area contributed by atoms with Gasteiger partial charge in [0.25, 0.3) is 0 Å². The van der Waals surface area contributed by atoms with Crippen molar-refractivity contribution in [3.05, 3.63) is 35.9 Å². The first kappa shape index (κ1) is 14.5. The Morgan fingerprint density at radius 1 is 1.37 bits per heavy atom. The van der Waals surface area contributed by atoms with Gasteiger partial charge in [-0.1, -0.05) is 30.3 Å². The second-order valence-corrected chi connectivity index (χ2v) is 6.32. The molecule has 1 aliphatic heterocycles. The van der Waals surface area contributed by atoms with Crippen molar-refractivity contribution in [3.8, 4) is 0 Å². The number of nitrogens with one attached hydrogen (secondary N) is 1. The Kier molecular flexibility index (Phi) is 4.29. The van der Waals surface area contributed by atoms with E-state index < -0.39 is 5.60 Å². The van der Waals surface area contributed by atoms with Crippen LogP contribution >= 0.6 is 0 Å². The Hall–Kier alpha value is -0.900. The molecule has 0 bridgehead atoms. The van der Waals surface area contributed by atoms with Gasteiger partial charge in [-0.25, -0.2) is 0 Å². The summed E-state index contributed by atoms with van der Waals surface area (Å²) in [4.78, 5) is 0. The third-order valence-electron chi connectivity index (χ3n) is 3.83. The molecule has 0 amide bonds. The van der Waals surface area contributed by atoms with Gasteiger partial charge in [0, 0.05) is 19.2 Å². The lowest BCUT2D eigenvalue weighted by molar-refractivity contribution is -0.0659. The van der Waals surface area contributed by atoms with Crippen molar-refractivity contribution >= 4 is 0 Å². The molecule has 1 aromatic rings. The largest absolute Gasteiger partial charge is 0.384 e. The minimum Gasteiger partial charge on any atom is -0.384 e. The number of ether oxygens (including phenoxy) is 1. The summed E-state index contributed by atoms with van der Waals surface area (Å²) in [6.07, 6.45) is 1.99. The summed E-state index contributed by atoms with van der Waals surface area (Å²) in [6, 6.07) is 10.2. The molecule has 3 heteroatoms. The van der Waals surface area contributed by atoms with Gasteiger partial charge >= 0.3 is 0 Å². The minimum atomic E-state index is -0.830. The van der Waals surface area contributed by atoms with Crippen molar-refractivity contribution in [1.82, 2.24) is 5.32 Å². The average Bonchev–Trinajstić information content (AvgIpc) is 2.37. The van der Waals surface area contributed by atoms with Crippen LogP contribution in [-0.2, 0) is 10.3 Å². The molecule has 1 aromatic carbocycles. The van der Waals surface area contributed by atoms with Gasteiger partial charge in [-0.2, -0.15) is 0 Å². The molecule has 0 aliphatic carbocycles. The predicted molar refractivity (Wildman–Crippen MR) is 77.1 cm³/mol. The zero-order valence-corrected chi connectivity index (χ0v) is 12.1. The fourth-order valence-electron chi connectivity index (χ4n) is 2.65. The van der Waals surface area contributed by atoms with Crippen LogP contribution in [0.3, 0.4) is 0 Å². The fraction of sp³-hybridized carbons (Fsp3) is 0.625. The maximum Gasteiger partial charge on any atom is 0.0992 e. The maximum atomic E-state index is 10.6. The molecule has 0 spiro atoms. The zero-order valence-electron chi connectivity index (χ0n) is 12.1. The number of aliphatic hydroxyl groups is 1. The average molecular weight is 263 g/mol. The van der Waals surface area contributed by atoms with Gasteiger partial charge < -0.3 is 15.2 Å². The van der Waals surface area contributed by atoms with Crippen LogP contribution in [0, 0.1) is 0 Å². The van der Waals surface area contributed by atoms with E-state index in [1.165, 1.54) is 0 Å². The Morgan fingerprint density at radius 2 is 2.05 bits per heavy atom. The normalized spacial score (nSPS) is 25.8. The Balaban J connectivity index is 1.91. The lowest BCUT2D eigenvalue weighted by Crippen LogP contribution is -2.47. The third kappa shape index (κ3) is 4.03. The highest BCUT2D eigenvalue weighted by molar-refractivity contribution is 5.21. The van der Waals surface area contributed by atoms with Crippen LogP contribution < -0.4 is 5.32 Å². The van der Waals surface area contributed by atoms with E-state index in [0.717, 1.165) is 25.0 Å². The van der Waals surface area contributed by atoms with Crippen molar-refractivity contribution in [2.24, 2.45) is 0 Å². The lowest BCUT2D eigenvalue weighted by Gasteiger charge is -2.37. The van der Waals surface area contributed by atoms with Crippen molar-refractivity contribution < 1.29 is 9.84 Å². The van der Waals surface area contributed by atoms with Gasteiger partial charge in [-0.15, -0.1) is 0 Å². The molecule has 106 valence electrons. The maximum absolute atomic E-state index is 10.6. The molecule has 2 N–H and O–H groups in total. The summed E-state index contributed by atoms with van der Waals surface area (Å²) in [5.41, 5.74) is 0.0620. The van der Waals surface area contributed by atoms with Crippen molar-refractivity contribution in [3.63, 3.8) is 0 Å². The minimum absolute atomic E-state index is 0.0610. The third-order valence-corrected chi connectivity index (χ3v) is 3.83. The highest BCUT2D eigenvalue weighted by Crippen LogP contribution is 2.25. The highest BCUT2D eigenvalue weighted by atomic mass is 16.5. The van der Waals surface area contributed by atoms with Crippen LogP contribution in [0.1, 0.15) is 39.2 Å². The molecule has 0 radical (unpaired) electrons. The van der Waals surface area contributed by atoms with Crippen molar-refractivity contribution in [2.75, 3.05) is 13.2 Å². The summed E-state index contributed by atoms with van der Waals surface area (Å²) in [6.45, 7) is 7.46. The van der Waals surface area contributed by atoms with E-state index in [9.17, 15) is 5.11 Å². The highest BCUT2D eigenvalue weighted by Gasteiger charge is 2.30. The summed E-state index contributed by atoms with van der Waals surface area (Å²) >= 11 is 0. The van der Waals surface area contributed by atoms with Gasteiger partial charge in [-0.05, 0) is 39.2 Å². The number of hydrogen-bond donors (Lipinski definition) is 2. The SMILES string of the molecule is CC1(C)CC(NCC(C)(O)c2ccccc2)CCO1. The van der Waals surface area contributed by atoms with E-state index in [2.05, 4.69) is 19.2 Å². The molecular weight excluding hydrogens is 238 g/mol. The van der Waals surface area contributed by atoms with Crippen LogP contribution in [0.2, 0.25) is 0 Å². The molecule has 19 heavy (non-hydrogen) atoms. The van der Waals surface area contributed by atoms with E-state index in [-0.39, 0.29) is 5.60 Å². The fourth-order valence-corrected chi connectivity index (χ4v) is 2.65. The first-order chi connectivity index (χ1) is 8.89. The summed E-state index contributed by atoms with van der Waals surface area (Å²) < 4.78 is 5.71. The van der Waals surface area contributed by atoms with Gasteiger partial charge in [0.15, 0.2) is 0 Å². The first-order valence-electron chi connectivity index (χ1n) is 7.04. The second kappa shape index (κ2) is 5.61. The molecule has 1 saturated heterocycles. The molecular formula is C16H25NO2. The monoisotopic (exact) mass is 263 g/mol. The van der Waals surface area contributed by atoms with Gasteiger partial charge in [0.1, 0.15) is 0 Å². The van der Waals surface area contributed by atoms with E-state index >= 15 is 0 Å². The van der Waals surface area contributed by atoms with Crippen LogP contribution in [0.15, 0.2) is 30.3 Å². The first-order valence-corrected chi connectivity index (χ1v) is 7.04. The lowest BCUT2D eigenvalue weighted by atomic mass is 9.92. The topological polar surface area (TPSA) is 41.5 Å². The molecule has 1 aliphatic rings. The van der Waals surface area contributed by atoms with E-state index in [4.69, 9.17) is 4.74 Å². The molecule has 3 nitrogen and oxygen atoms in total. The molecule has 2 atom stereocenters. The van der Waals surface area contributed by atoms with E-state index in [1.54, 1.807) is 0 Å². The van der Waals surface area contributed by atoms with Gasteiger partial charge in [0.05, 0.1) is 11.2 Å². The number of hydrogen-bond acceptors (Lipinski definition) is 3. The van der Waals surface area contributed by atoms with Crippen LogP contribution in [-0.4, -0.2) is 29.9 Å². The van der Waals surface area contributed by atoms with Crippen molar-refractivity contribution in [2.45, 2.75) is 50.9 Å². The zero-order chi connectivity index (χ0) is 13.9. The standard InChI is InChI=1S/C16H25NO2/c1-15(2)11-14(9-10-19-15)17-12-16(3,18)13-7-5-4-6-8-13/h4-8,14,17-18H,9-12H2,1-3H3. The predicted octanol–water partition coefficient (Wildman–Crippen LogP) is 2.44. The molecule has 1 heterocycles. The molecule has 1 fully saturated rings. The Morgan fingerprint density at radius 3 is 2.68 bits per heavy atom. The van der Waals surface area contributed by atoms with Crippen LogP contribution in [0.4, 0.5) is 0 Å². The van der Waals surface area contributed by atoms with Gasteiger partial charge in [0.2, 0.25) is 0 Å². The molecule has 0 aromatic heterocycles. The van der Waals surface area contributed by atoms with Crippen LogP contribution in [0.5, 0.6) is 0 Å². The van der Waals surface area contributed by atoms with Crippen LogP contribution in [0.25, 0.3) is 0 Å². The smallest absolute Gasteiger partial charge is 0.0992 e. The summed E-state index contributed by atoms with van der Waals surface area (Å²) in [7, 11) is 0. The second-order valence-electron chi connectivity index (χ2n) is 6.32. The Labute approximate surface area is 116 Å². The number of benzene rings is 1. The van der Waals surface area contributed by atoms with Crippen molar-refractivity contribution in [1.29, 1.82) is 0 Å². The summed E-state index contributed by atoms with van der Waals surface area (Å²) in [5, 5.41) is 14.0. The molecule has 2 unspecified atom stereocenters. The number of rotatable bonds is 4. The quantitative estimate of drug-likeness (QED) is 0.876. The van der Waals surface area contributed by atoms with E-state index in [0.29, 0.717) is 12.6 Å². The Bertz CT molecular complexity index is 400. The van der Waals surface area contributed by atoms with E-state index in [1.807, 2.05) is 37.3 Å². The molecule has 0 saturated carbocycles. The summed E-state index contributed by atoms with van der Waals surface area (Å²) in [5.74, 6) is 0.